The van der Waals surface area contributed by atoms with E-state index in [1.807, 2.05) is 7.05 Å². The topological polar surface area (TPSA) is 37.4 Å². The van der Waals surface area contributed by atoms with Gasteiger partial charge in [-0.2, -0.15) is 0 Å². The van der Waals surface area contributed by atoms with E-state index in [0.717, 1.165) is 31.2 Å². The zero-order chi connectivity index (χ0) is 15.6. The Kier molecular flexibility index (Phi) is 5.41. The van der Waals surface area contributed by atoms with Crippen LogP contribution in [-0.2, 0) is 16.7 Å². The maximum absolute atomic E-state index is 5.99. The van der Waals surface area contributed by atoms with Crippen molar-refractivity contribution in [1.82, 2.24) is 15.2 Å². The summed E-state index contributed by atoms with van der Waals surface area (Å²) in [5, 5.41) is 4.39. The molecule has 1 unspecified atom stereocenters. The number of hydrogen-bond acceptors (Lipinski definition) is 5. The summed E-state index contributed by atoms with van der Waals surface area (Å²) < 4.78 is 5.99. The summed E-state index contributed by atoms with van der Waals surface area (Å²) >= 11 is 1.81. The van der Waals surface area contributed by atoms with Crippen LogP contribution in [-0.4, -0.2) is 42.7 Å². The Morgan fingerprint density at radius 1 is 1.43 bits per heavy atom. The van der Waals surface area contributed by atoms with Gasteiger partial charge < -0.3 is 10.1 Å². The molecular formula is C16H29N3OS. The third-order valence-electron chi connectivity index (χ3n) is 3.87. The number of ether oxygens (including phenoxy) is 1. The van der Waals surface area contributed by atoms with E-state index in [2.05, 4.69) is 44.8 Å². The van der Waals surface area contributed by atoms with Crippen LogP contribution in [0.2, 0.25) is 0 Å². The fourth-order valence-corrected chi connectivity index (χ4v) is 3.99. The lowest BCUT2D eigenvalue weighted by molar-refractivity contribution is -0.0403. The van der Waals surface area contributed by atoms with Gasteiger partial charge in [0.25, 0.3) is 0 Å². The molecule has 0 saturated carbocycles. The summed E-state index contributed by atoms with van der Waals surface area (Å²) in [5.74, 6) is 0. The number of nitrogens with zero attached hydrogens (tertiary/aromatic N) is 2. The first-order valence-electron chi connectivity index (χ1n) is 7.83. The second-order valence-electron chi connectivity index (χ2n) is 7.05. The van der Waals surface area contributed by atoms with Crippen molar-refractivity contribution >= 4 is 11.3 Å². The quantitative estimate of drug-likeness (QED) is 0.928. The highest BCUT2D eigenvalue weighted by Gasteiger charge is 2.29. The standard InChI is InChI=1S/C16H29N3OS/c1-11(2)19-7-8-20-12(10-19)15-18-14(16(3,4)5)13(21-15)9-17-6/h11-12,17H,7-10H2,1-6H3. The first kappa shape index (κ1) is 16.9. The van der Waals surface area contributed by atoms with Gasteiger partial charge in [-0.25, -0.2) is 4.98 Å². The summed E-state index contributed by atoms with van der Waals surface area (Å²) in [4.78, 5) is 8.76. The summed E-state index contributed by atoms with van der Waals surface area (Å²) in [5.41, 5.74) is 1.29. The first-order chi connectivity index (χ1) is 9.82. The van der Waals surface area contributed by atoms with Crippen LogP contribution >= 0.6 is 11.3 Å². The first-order valence-corrected chi connectivity index (χ1v) is 8.65. The molecule has 0 aliphatic carbocycles. The largest absolute Gasteiger partial charge is 0.368 e. The van der Waals surface area contributed by atoms with Gasteiger partial charge in [0, 0.05) is 36.0 Å². The van der Waals surface area contributed by atoms with Crippen LogP contribution in [0.25, 0.3) is 0 Å². The van der Waals surface area contributed by atoms with Crippen molar-refractivity contribution in [3.05, 3.63) is 15.6 Å². The molecule has 0 aromatic carbocycles. The zero-order valence-corrected chi connectivity index (χ0v) is 15.0. The number of aromatic nitrogens is 1. The summed E-state index contributed by atoms with van der Waals surface area (Å²) in [6, 6.07) is 0.565. The van der Waals surface area contributed by atoms with Crippen molar-refractivity contribution < 1.29 is 4.74 Å². The van der Waals surface area contributed by atoms with Gasteiger partial charge in [-0.15, -0.1) is 11.3 Å². The van der Waals surface area contributed by atoms with Crippen molar-refractivity contribution in [3.8, 4) is 0 Å². The van der Waals surface area contributed by atoms with E-state index >= 15 is 0 Å². The SMILES string of the molecule is CNCc1sc(C2CN(C(C)C)CCO2)nc1C(C)(C)C. The number of rotatable bonds is 4. The van der Waals surface area contributed by atoms with Gasteiger partial charge >= 0.3 is 0 Å². The van der Waals surface area contributed by atoms with E-state index < -0.39 is 0 Å². The lowest BCUT2D eigenvalue weighted by Gasteiger charge is -2.34. The molecule has 4 nitrogen and oxygen atoms in total. The van der Waals surface area contributed by atoms with Crippen LogP contribution < -0.4 is 5.32 Å². The predicted molar refractivity (Wildman–Crippen MR) is 89.0 cm³/mol. The normalized spacial score (nSPS) is 21.2. The Hall–Kier alpha value is -0.490. The van der Waals surface area contributed by atoms with Crippen molar-refractivity contribution in [2.75, 3.05) is 26.7 Å². The minimum Gasteiger partial charge on any atom is -0.368 e. The molecule has 120 valence electrons. The van der Waals surface area contributed by atoms with E-state index in [0.29, 0.717) is 6.04 Å². The average Bonchev–Trinajstić information content (AvgIpc) is 2.83. The van der Waals surface area contributed by atoms with E-state index in [-0.39, 0.29) is 11.5 Å². The highest BCUT2D eigenvalue weighted by molar-refractivity contribution is 7.11. The molecule has 5 heteroatoms. The van der Waals surface area contributed by atoms with Crippen LogP contribution in [0.5, 0.6) is 0 Å². The smallest absolute Gasteiger partial charge is 0.123 e. The van der Waals surface area contributed by atoms with Crippen LogP contribution in [0.4, 0.5) is 0 Å². The fourth-order valence-electron chi connectivity index (χ4n) is 2.66. The highest BCUT2D eigenvalue weighted by Crippen LogP contribution is 2.34. The molecule has 0 bridgehead atoms. The second kappa shape index (κ2) is 6.73. The number of morpholine rings is 1. The molecule has 1 aromatic heterocycles. The summed E-state index contributed by atoms with van der Waals surface area (Å²) in [6.07, 6.45) is 0.123. The van der Waals surface area contributed by atoms with Crippen molar-refractivity contribution in [2.24, 2.45) is 0 Å². The average molecular weight is 311 g/mol. The van der Waals surface area contributed by atoms with Crippen molar-refractivity contribution in [3.63, 3.8) is 0 Å². The van der Waals surface area contributed by atoms with Gasteiger partial charge in [0.05, 0.1) is 12.3 Å². The fraction of sp³-hybridized carbons (Fsp3) is 0.812. The number of nitrogens with one attached hydrogen (secondary N) is 1. The number of thiazole rings is 1. The van der Waals surface area contributed by atoms with Crippen LogP contribution in [0.1, 0.15) is 56.3 Å². The summed E-state index contributed by atoms with van der Waals surface area (Å²) in [7, 11) is 1.99. The molecule has 1 aromatic rings. The molecule has 0 radical (unpaired) electrons. The summed E-state index contributed by atoms with van der Waals surface area (Å²) in [6.45, 7) is 14.8. The molecule has 1 aliphatic heterocycles. The number of hydrogen-bond donors (Lipinski definition) is 1. The minimum atomic E-state index is 0.0767. The molecule has 0 spiro atoms. The molecular weight excluding hydrogens is 282 g/mol. The Morgan fingerprint density at radius 3 is 2.71 bits per heavy atom. The predicted octanol–water partition coefficient (Wildman–Crippen LogP) is 2.94. The molecule has 2 heterocycles. The van der Waals surface area contributed by atoms with E-state index in [1.54, 1.807) is 11.3 Å². The van der Waals surface area contributed by atoms with Crippen molar-refractivity contribution in [1.29, 1.82) is 0 Å². The lowest BCUT2D eigenvalue weighted by Crippen LogP contribution is -2.42. The van der Waals surface area contributed by atoms with Gasteiger partial charge in [0.1, 0.15) is 11.1 Å². The molecule has 0 amide bonds. The van der Waals surface area contributed by atoms with Gasteiger partial charge in [-0.3, -0.25) is 4.90 Å². The lowest BCUT2D eigenvalue weighted by atomic mass is 9.91. The van der Waals surface area contributed by atoms with Crippen LogP contribution in [0.15, 0.2) is 0 Å². The Bertz CT molecular complexity index is 465. The molecule has 21 heavy (non-hydrogen) atoms. The van der Waals surface area contributed by atoms with E-state index in [1.165, 1.54) is 10.6 Å². The molecule has 1 aliphatic rings. The van der Waals surface area contributed by atoms with E-state index in [9.17, 15) is 0 Å². The van der Waals surface area contributed by atoms with Gasteiger partial charge in [0.15, 0.2) is 0 Å². The molecule has 1 fully saturated rings. The molecule has 1 N–H and O–H groups in total. The monoisotopic (exact) mass is 311 g/mol. The Labute approximate surface area is 132 Å². The van der Waals surface area contributed by atoms with E-state index in [4.69, 9.17) is 9.72 Å². The maximum Gasteiger partial charge on any atom is 0.123 e. The third-order valence-corrected chi connectivity index (χ3v) is 5.01. The Morgan fingerprint density at radius 2 is 2.14 bits per heavy atom. The maximum atomic E-state index is 5.99. The van der Waals surface area contributed by atoms with Crippen molar-refractivity contribution in [2.45, 2.75) is 58.7 Å². The second-order valence-corrected chi connectivity index (χ2v) is 8.17. The molecule has 1 atom stereocenters. The highest BCUT2D eigenvalue weighted by atomic mass is 32.1. The van der Waals surface area contributed by atoms with Gasteiger partial charge in [0.2, 0.25) is 0 Å². The van der Waals surface area contributed by atoms with Gasteiger partial charge in [-0.05, 0) is 20.9 Å². The zero-order valence-electron chi connectivity index (χ0n) is 14.2. The molecule has 1 saturated heterocycles. The molecule has 2 rings (SSSR count). The van der Waals surface area contributed by atoms with Crippen LogP contribution in [0, 0.1) is 0 Å². The van der Waals surface area contributed by atoms with Gasteiger partial charge in [-0.1, -0.05) is 20.8 Å². The Balaban J connectivity index is 2.23. The third kappa shape index (κ3) is 4.03. The minimum absolute atomic E-state index is 0.0767. The van der Waals surface area contributed by atoms with Crippen LogP contribution in [0.3, 0.4) is 0 Å².